The number of amides is 1. The molecule has 1 saturated heterocycles. The summed E-state index contributed by atoms with van der Waals surface area (Å²) in [5.74, 6) is 5.04. The topological polar surface area (TPSA) is 61.6 Å². The second kappa shape index (κ2) is 5.44. The highest BCUT2D eigenvalue weighted by atomic mass is 16.2. The van der Waals surface area contributed by atoms with E-state index in [4.69, 9.17) is 5.84 Å². The van der Waals surface area contributed by atoms with Gasteiger partial charge in [0, 0.05) is 12.6 Å². The minimum Gasteiger partial charge on any atom is -0.305 e. The van der Waals surface area contributed by atoms with Crippen molar-refractivity contribution in [1.82, 2.24) is 15.2 Å². The maximum Gasteiger partial charge on any atom is 0.250 e. The Balaban J connectivity index is 2.52. The van der Waals surface area contributed by atoms with Crippen molar-refractivity contribution < 1.29 is 4.79 Å². The monoisotopic (exact) mass is 214 g/mol. The van der Waals surface area contributed by atoms with Crippen LogP contribution in [0.2, 0.25) is 0 Å². The molecule has 1 aliphatic rings. The van der Waals surface area contributed by atoms with E-state index in [-0.39, 0.29) is 11.9 Å². The number of piperidine rings is 1. The minimum absolute atomic E-state index is 0.102. The number of hydrogen-bond acceptors (Lipinski definition) is 4. The van der Waals surface area contributed by atoms with E-state index in [0.29, 0.717) is 6.04 Å². The Hall–Kier alpha value is -0.650. The lowest BCUT2D eigenvalue weighted by atomic mass is 10.0. The first-order valence-corrected chi connectivity index (χ1v) is 5.47. The van der Waals surface area contributed by atoms with Crippen molar-refractivity contribution in [3.8, 4) is 0 Å². The van der Waals surface area contributed by atoms with Crippen molar-refractivity contribution in [3.05, 3.63) is 0 Å². The number of nitrogens with two attached hydrogens (primary N) is 1. The van der Waals surface area contributed by atoms with Crippen LogP contribution in [0.25, 0.3) is 0 Å². The Kier molecular flexibility index (Phi) is 4.50. The second-order valence-corrected chi connectivity index (χ2v) is 4.44. The largest absolute Gasteiger partial charge is 0.305 e. The van der Waals surface area contributed by atoms with E-state index >= 15 is 0 Å². The van der Waals surface area contributed by atoms with Gasteiger partial charge in [-0.3, -0.25) is 15.1 Å². The Morgan fingerprint density at radius 1 is 1.60 bits per heavy atom. The fraction of sp³-hybridized carbons (Fsp3) is 0.900. The van der Waals surface area contributed by atoms with Crippen LogP contribution in [-0.4, -0.2) is 55.0 Å². The molecule has 1 amide bonds. The highest BCUT2D eigenvalue weighted by molar-refractivity contribution is 5.80. The van der Waals surface area contributed by atoms with Gasteiger partial charge in [0.15, 0.2) is 0 Å². The molecule has 0 saturated carbocycles. The SMILES string of the molecule is CC(C(=O)NN)N1CCCC(N(C)C)C1. The van der Waals surface area contributed by atoms with Crippen LogP contribution in [0, 0.1) is 0 Å². The molecule has 0 aromatic heterocycles. The van der Waals surface area contributed by atoms with Crippen molar-refractivity contribution >= 4 is 5.91 Å². The summed E-state index contributed by atoms with van der Waals surface area (Å²) in [4.78, 5) is 15.8. The van der Waals surface area contributed by atoms with Crippen LogP contribution in [-0.2, 0) is 4.79 Å². The number of likely N-dealkylation sites (N-methyl/N-ethyl adjacent to an activating group) is 1. The van der Waals surface area contributed by atoms with E-state index in [1.807, 2.05) is 6.92 Å². The van der Waals surface area contributed by atoms with Crippen LogP contribution in [0.15, 0.2) is 0 Å². The Morgan fingerprint density at radius 2 is 2.27 bits per heavy atom. The molecule has 2 atom stereocenters. The van der Waals surface area contributed by atoms with E-state index in [9.17, 15) is 4.79 Å². The van der Waals surface area contributed by atoms with Gasteiger partial charge in [-0.2, -0.15) is 0 Å². The molecule has 0 radical (unpaired) electrons. The molecule has 2 unspecified atom stereocenters. The first-order chi connectivity index (χ1) is 7.06. The zero-order valence-electron chi connectivity index (χ0n) is 9.86. The van der Waals surface area contributed by atoms with Gasteiger partial charge in [0.1, 0.15) is 0 Å². The maximum atomic E-state index is 11.4. The Bertz CT molecular complexity index is 219. The zero-order chi connectivity index (χ0) is 11.4. The van der Waals surface area contributed by atoms with Crippen LogP contribution in [0.1, 0.15) is 19.8 Å². The molecule has 0 aromatic carbocycles. The third-order valence-electron chi connectivity index (χ3n) is 3.23. The fourth-order valence-corrected chi connectivity index (χ4v) is 2.04. The molecule has 0 spiro atoms. The number of likely N-dealkylation sites (tertiary alicyclic amines) is 1. The standard InChI is InChI=1S/C10H22N4O/c1-8(10(15)12-11)14-6-4-5-9(7-14)13(2)3/h8-9H,4-7,11H2,1-3H3,(H,12,15). The molecule has 1 heterocycles. The van der Waals surface area contributed by atoms with Crippen molar-refractivity contribution in [2.24, 2.45) is 5.84 Å². The van der Waals surface area contributed by atoms with E-state index in [1.54, 1.807) is 0 Å². The van der Waals surface area contributed by atoms with Crippen molar-refractivity contribution in [3.63, 3.8) is 0 Å². The molecule has 15 heavy (non-hydrogen) atoms. The molecule has 1 fully saturated rings. The average molecular weight is 214 g/mol. The van der Waals surface area contributed by atoms with Crippen LogP contribution in [0.3, 0.4) is 0 Å². The van der Waals surface area contributed by atoms with Gasteiger partial charge in [-0.15, -0.1) is 0 Å². The van der Waals surface area contributed by atoms with Gasteiger partial charge in [0.05, 0.1) is 6.04 Å². The summed E-state index contributed by atoms with van der Waals surface area (Å²) in [6.45, 7) is 3.83. The highest BCUT2D eigenvalue weighted by Crippen LogP contribution is 2.15. The normalized spacial score (nSPS) is 25.3. The number of nitrogens with one attached hydrogen (secondary N) is 1. The smallest absolute Gasteiger partial charge is 0.250 e. The summed E-state index contributed by atoms with van der Waals surface area (Å²) in [5.41, 5.74) is 2.21. The first kappa shape index (κ1) is 12.4. The number of carbonyl (C=O) groups excluding carboxylic acids is 1. The molecule has 5 nitrogen and oxygen atoms in total. The van der Waals surface area contributed by atoms with Crippen LogP contribution in [0.4, 0.5) is 0 Å². The van der Waals surface area contributed by atoms with E-state index < -0.39 is 0 Å². The molecule has 0 aliphatic carbocycles. The number of carbonyl (C=O) groups is 1. The van der Waals surface area contributed by atoms with Gasteiger partial charge in [-0.25, -0.2) is 5.84 Å². The summed E-state index contributed by atoms with van der Waals surface area (Å²) in [6.07, 6.45) is 2.35. The number of hydrazine groups is 1. The fourth-order valence-electron chi connectivity index (χ4n) is 2.04. The van der Waals surface area contributed by atoms with E-state index in [0.717, 1.165) is 19.5 Å². The number of nitrogens with zero attached hydrogens (tertiary/aromatic N) is 2. The summed E-state index contributed by atoms with van der Waals surface area (Å²) in [6, 6.07) is 0.421. The third-order valence-corrected chi connectivity index (χ3v) is 3.23. The number of hydrogen-bond donors (Lipinski definition) is 2. The van der Waals surface area contributed by atoms with Crippen LogP contribution in [0.5, 0.6) is 0 Å². The lowest BCUT2D eigenvalue weighted by Gasteiger charge is -2.38. The maximum absolute atomic E-state index is 11.4. The molecule has 1 rings (SSSR count). The van der Waals surface area contributed by atoms with Crippen molar-refractivity contribution in [2.45, 2.75) is 31.8 Å². The van der Waals surface area contributed by atoms with Gasteiger partial charge in [0.2, 0.25) is 0 Å². The molecule has 3 N–H and O–H groups in total. The molecular weight excluding hydrogens is 192 g/mol. The number of rotatable bonds is 3. The van der Waals surface area contributed by atoms with Gasteiger partial charge < -0.3 is 4.90 Å². The average Bonchev–Trinajstić information content (AvgIpc) is 2.27. The Labute approximate surface area is 91.6 Å². The van der Waals surface area contributed by atoms with Gasteiger partial charge in [0.25, 0.3) is 5.91 Å². The van der Waals surface area contributed by atoms with Crippen molar-refractivity contribution in [1.29, 1.82) is 0 Å². The molecule has 0 bridgehead atoms. The van der Waals surface area contributed by atoms with E-state index in [2.05, 4.69) is 29.3 Å². The highest BCUT2D eigenvalue weighted by Gasteiger charge is 2.27. The third kappa shape index (κ3) is 3.15. The van der Waals surface area contributed by atoms with Crippen LogP contribution < -0.4 is 11.3 Å². The molecule has 1 aliphatic heterocycles. The van der Waals surface area contributed by atoms with Gasteiger partial charge in [-0.1, -0.05) is 0 Å². The Morgan fingerprint density at radius 3 is 2.80 bits per heavy atom. The van der Waals surface area contributed by atoms with Crippen LogP contribution >= 0.6 is 0 Å². The second-order valence-electron chi connectivity index (χ2n) is 4.44. The van der Waals surface area contributed by atoms with Crippen molar-refractivity contribution in [2.75, 3.05) is 27.2 Å². The summed E-state index contributed by atoms with van der Waals surface area (Å²) >= 11 is 0. The quantitative estimate of drug-likeness (QED) is 0.374. The van der Waals surface area contributed by atoms with E-state index in [1.165, 1.54) is 6.42 Å². The first-order valence-electron chi connectivity index (χ1n) is 5.47. The molecule has 88 valence electrons. The lowest BCUT2D eigenvalue weighted by molar-refractivity contribution is -0.126. The summed E-state index contributed by atoms with van der Waals surface area (Å²) in [7, 11) is 4.17. The summed E-state index contributed by atoms with van der Waals surface area (Å²) < 4.78 is 0. The lowest BCUT2D eigenvalue weighted by Crippen LogP contribution is -2.53. The molecule has 5 heteroatoms. The molecule has 0 aromatic rings. The van der Waals surface area contributed by atoms with Gasteiger partial charge in [-0.05, 0) is 40.4 Å². The summed E-state index contributed by atoms with van der Waals surface area (Å²) in [5, 5.41) is 0. The van der Waals surface area contributed by atoms with Gasteiger partial charge >= 0.3 is 0 Å². The molecular formula is C10H22N4O. The zero-order valence-corrected chi connectivity index (χ0v) is 9.86. The predicted octanol–water partition coefficient (Wildman–Crippen LogP) is -0.609. The minimum atomic E-state index is -0.127. The predicted molar refractivity (Wildman–Crippen MR) is 60.1 cm³/mol.